The molecule has 0 bridgehead atoms. The Bertz CT molecular complexity index is 1030. The van der Waals surface area contributed by atoms with Crippen LogP contribution < -0.4 is 10.2 Å². The van der Waals surface area contributed by atoms with Crippen LogP contribution in [0.4, 0.5) is 10.3 Å². The van der Waals surface area contributed by atoms with Gasteiger partial charge in [-0.05, 0) is 31.0 Å². The number of rotatable bonds is 7. The monoisotopic (exact) mass is 497 g/mol. The lowest BCUT2D eigenvalue weighted by Crippen LogP contribution is -2.32. The molecule has 0 saturated heterocycles. The summed E-state index contributed by atoms with van der Waals surface area (Å²) in [6.07, 6.45) is 2.46. The molecule has 0 atom stereocenters. The summed E-state index contributed by atoms with van der Waals surface area (Å²) in [7, 11) is 0. The average molecular weight is 498 g/mol. The lowest BCUT2D eigenvalue weighted by atomic mass is 10.3. The number of nitrogens with zero attached hydrogens (tertiary/aromatic N) is 4. The molecule has 1 aromatic carbocycles. The molecule has 2 aromatic heterocycles. The fraction of sp³-hybridized carbons (Fsp3) is 0.353. The highest BCUT2D eigenvalue weighted by Gasteiger charge is 2.35. The number of anilines is 2. The Balaban J connectivity index is 1.35. The molecule has 146 valence electrons. The Kier molecular flexibility index (Phi) is 5.95. The van der Waals surface area contributed by atoms with E-state index in [4.69, 9.17) is 0 Å². The fourth-order valence-electron chi connectivity index (χ4n) is 2.56. The van der Waals surface area contributed by atoms with Crippen LogP contribution in [-0.4, -0.2) is 38.8 Å². The van der Waals surface area contributed by atoms with Crippen molar-refractivity contribution < 1.29 is 9.59 Å². The van der Waals surface area contributed by atoms with Crippen molar-refractivity contribution in [3.05, 3.63) is 22.7 Å². The summed E-state index contributed by atoms with van der Waals surface area (Å²) >= 11 is 7.53. The van der Waals surface area contributed by atoms with E-state index < -0.39 is 0 Å². The van der Waals surface area contributed by atoms with Gasteiger partial charge in [0.1, 0.15) is 0 Å². The first-order valence-electron chi connectivity index (χ1n) is 8.68. The lowest BCUT2D eigenvalue weighted by molar-refractivity contribution is -0.118. The van der Waals surface area contributed by atoms with Crippen molar-refractivity contribution in [1.82, 2.24) is 15.2 Å². The third-order valence-electron chi connectivity index (χ3n) is 4.01. The van der Waals surface area contributed by atoms with Gasteiger partial charge in [-0.3, -0.25) is 14.5 Å². The molecule has 28 heavy (non-hydrogen) atoms. The molecule has 11 heteroatoms. The lowest BCUT2D eigenvalue weighted by Gasteiger charge is -2.17. The molecule has 1 saturated carbocycles. The van der Waals surface area contributed by atoms with E-state index in [-0.39, 0.29) is 23.6 Å². The highest BCUT2D eigenvalue weighted by atomic mass is 79.9. The third kappa shape index (κ3) is 4.53. The molecule has 1 aliphatic carbocycles. The zero-order valence-electron chi connectivity index (χ0n) is 14.8. The van der Waals surface area contributed by atoms with E-state index in [0.717, 1.165) is 27.5 Å². The van der Waals surface area contributed by atoms with Gasteiger partial charge in [-0.1, -0.05) is 57.3 Å². The highest BCUT2D eigenvalue weighted by Crippen LogP contribution is 2.36. The van der Waals surface area contributed by atoms with Crippen molar-refractivity contribution >= 4 is 82.7 Å². The number of thiazole rings is 1. The van der Waals surface area contributed by atoms with E-state index in [0.29, 0.717) is 21.0 Å². The van der Waals surface area contributed by atoms with Gasteiger partial charge >= 0.3 is 0 Å². The molecule has 3 aromatic rings. The number of hydrogen-bond acceptors (Lipinski definition) is 8. The van der Waals surface area contributed by atoms with Crippen LogP contribution in [-0.2, 0) is 9.59 Å². The van der Waals surface area contributed by atoms with Crippen LogP contribution in [0.3, 0.4) is 0 Å². The Hall–Kier alpha value is -1.56. The minimum atomic E-state index is -0.149. The van der Waals surface area contributed by atoms with E-state index in [1.54, 1.807) is 4.90 Å². The van der Waals surface area contributed by atoms with Gasteiger partial charge < -0.3 is 5.32 Å². The summed E-state index contributed by atoms with van der Waals surface area (Å²) in [6, 6.07) is 6.06. The third-order valence-corrected chi connectivity index (χ3v) is 7.49. The first-order chi connectivity index (χ1) is 13.5. The minimum absolute atomic E-state index is 0.0652. The molecule has 2 heterocycles. The number of halogens is 1. The Labute approximate surface area is 182 Å². The van der Waals surface area contributed by atoms with Crippen molar-refractivity contribution in [2.75, 3.05) is 16.0 Å². The topological polar surface area (TPSA) is 88.1 Å². The van der Waals surface area contributed by atoms with E-state index in [2.05, 4.69) is 36.4 Å². The van der Waals surface area contributed by atoms with Gasteiger partial charge in [0.2, 0.25) is 16.9 Å². The zero-order chi connectivity index (χ0) is 19.7. The Morgan fingerprint density at radius 3 is 2.89 bits per heavy atom. The quantitative estimate of drug-likeness (QED) is 0.380. The normalized spacial score (nSPS) is 13.6. The number of amides is 2. The fourth-order valence-corrected chi connectivity index (χ4v) is 5.73. The van der Waals surface area contributed by atoms with Crippen molar-refractivity contribution in [2.45, 2.75) is 36.6 Å². The van der Waals surface area contributed by atoms with Crippen LogP contribution in [0, 0.1) is 0 Å². The van der Waals surface area contributed by atoms with Crippen molar-refractivity contribution in [1.29, 1.82) is 0 Å². The van der Waals surface area contributed by atoms with Crippen LogP contribution in [0.25, 0.3) is 10.2 Å². The number of carbonyl (C=O) groups excluding carboxylic acids is 2. The smallest absolute Gasteiger partial charge is 0.236 e. The molecule has 1 fully saturated rings. The summed E-state index contributed by atoms with van der Waals surface area (Å²) < 4.78 is 2.66. The number of nitrogens with one attached hydrogen (secondary N) is 1. The van der Waals surface area contributed by atoms with Gasteiger partial charge in [-0.15, -0.1) is 10.2 Å². The van der Waals surface area contributed by atoms with Crippen molar-refractivity contribution in [3.8, 4) is 0 Å². The molecule has 7 nitrogen and oxygen atoms in total. The van der Waals surface area contributed by atoms with Gasteiger partial charge in [0.25, 0.3) is 0 Å². The predicted octanol–water partition coefficient (Wildman–Crippen LogP) is 4.55. The molecule has 2 amide bonds. The summed E-state index contributed by atoms with van der Waals surface area (Å²) in [5, 5.41) is 12.3. The maximum Gasteiger partial charge on any atom is 0.236 e. The molecule has 0 unspecified atom stereocenters. The average Bonchev–Trinajstić information content (AvgIpc) is 3.25. The summed E-state index contributed by atoms with van der Waals surface area (Å²) in [5.41, 5.74) is 0.852. The SMILES string of the molecule is CCC(=O)N(c1nnc(SCC(=O)Nc2nc3ccc(Br)cc3s2)s1)C1CC1. The number of benzene rings is 1. The molecule has 0 radical (unpaired) electrons. The van der Waals surface area contributed by atoms with Crippen molar-refractivity contribution in [2.24, 2.45) is 0 Å². The summed E-state index contributed by atoms with van der Waals surface area (Å²) in [6.45, 7) is 1.85. The number of carbonyl (C=O) groups is 2. The maximum atomic E-state index is 12.3. The molecule has 4 rings (SSSR count). The molecular formula is C17H16BrN5O2S3. The van der Waals surface area contributed by atoms with Crippen molar-refractivity contribution in [3.63, 3.8) is 0 Å². The Morgan fingerprint density at radius 1 is 1.32 bits per heavy atom. The van der Waals surface area contributed by atoms with E-state index in [1.165, 1.54) is 34.4 Å². The van der Waals surface area contributed by atoms with Crippen LogP contribution in [0.5, 0.6) is 0 Å². The Morgan fingerprint density at radius 2 is 2.14 bits per heavy atom. The molecule has 1 aliphatic rings. The van der Waals surface area contributed by atoms with Crippen LogP contribution in [0.2, 0.25) is 0 Å². The first-order valence-corrected chi connectivity index (χ1v) is 12.1. The second-order valence-electron chi connectivity index (χ2n) is 6.17. The van der Waals surface area contributed by atoms with Gasteiger partial charge in [0, 0.05) is 16.9 Å². The predicted molar refractivity (Wildman–Crippen MR) is 117 cm³/mol. The van der Waals surface area contributed by atoms with Gasteiger partial charge in [-0.2, -0.15) is 0 Å². The molecule has 1 N–H and O–H groups in total. The van der Waals surface area contributed by atoms with Gasteiger partial charge in [0.05, 0.1) is 16.0 Å². The second kappa shape index (κ2) is 8.44. The highest BCUT2D eigenvalue weighted by molar-refractivity contribution is 9.10. The van der Waals surface area contributed by atoms with Crippen LogP contribution in [0.15, 0.2) is 27.0 Å². The second-order valence-corrected chi connectivity index (χ2v) is 10.3. The molecular weight excluding hydrogens is 482 g/mol. The van der Waals surface area contributed by atoms with Gasteiger partial charge in [-0.25, -0.2) is 4.98 Å². The van der Waals surface area contributed by atoms with Gasteiger partial charge in [0.15, 0.2) is 9.47 Å². The summed E-state index contributed by atoms with van der Waals surface area (Å²) in [4.78, 5) is 30.6. The van der Waals surface area contributed by atoms with E-state index >= 15 is 0 Å². The van der Waals surface area contributed by atoms with Crippen LogP contribution >= 0.6 is 50.4 Å². The van der Waals surface area contributed by atoms with E-state index in [1.807, 2.05) is 25.1 Å². The molecule has 0 spiro atoms. The number of thioether (sulfide) groups is 1. The minimum Gasteiger partial charge on any atom is -0.301 e. The molecule has 0 aliphatic heterocycles. The number of aromatic nitrogens is 3. The number of hydrogen-bond donors (Lipinski definition) is 1. The number of fused-ring (bicyclic) bond motifs is 1. The van der Waals surface area contributed by atoms with Crippen LogP contribution in [0.1, 0.15) is 26.2 Å². The first kappa shape index (κ1) is 19.7. The van der Waals surface area contributed by atoms with E-state index in [9.17, 15) is 9.59 Å². The summed E-state index contributed by atoms with van der Waals surface area (Å²) in [5.74, 6) is 0.123. The zero-order valence-corrected chi connectivity index (χ0v) is 18.9. The largest absolute Gasteiger partial charge is 0.301 e. The standard InChI is InChI=1S/C17H16BrN5O2S3/c1-2-14(25)23(10-4-5-10)16-21-22-17(28-16)26-8-13(24)20-15-19-11-6-3-9(18)7-12(11)27-15/h3,6-7,10H,2,4-5,8H2,1H3,(H,19,20,24). The maximum absolute atomic E-state index is 12.3.